The highest BCUT2D eigenvalue weighted by molar-refractivity contribution is 7.87. The first-order valence-electron chi connectivity index (χ1n) is 8.02. The summed E-state index contributed by atoms with van der Waals surface area (Å²) in [6.07, 6.45) is 10.6. The van der Waals surface area contributed by atoms with Gasteiger partial charge in [-0.05, 0) is 36.4 Å². The quantitative estimate of drug-likeness (QED) is 0.411. The van der Waals surface area contributed by atoms with Gasteiger partial charge in [0, 0.05) is 23.9 Å². The average Bonchev–Trinajstić information content (AvgIpc) is 2.93. The molecule has 1 aromatic carbocycles. The minimum Gasteiger partial charge on any atom is -0.440 e. The minimum atomic E-state index is -5.82. The molecule has 3 rings (SSSR count). The van der Waals surface area contributed by atoms with Gasteiger partial charge in [0.2, 0.25) is 5.88 Å². The van der Waals surface area contributed by atoms with E-state index >= 15 is 0 Å². The van der Waals surface area contributed by atoms with Crippen LogP contribution in [0.3, 0.4) is 0 Å². The summed E-state index contributed by atoms with van der Waals surface area (Å²) < 4.78 is 68.5. The third kappa shape index (κ3) is 4.93. The van der Waals surface area contributed by atoms with Gasteiger partial charge < -0.3 is 13.8 Å². The van der Waals surface area contributed by atoms with Crippen molar-refractivity contribution < 1.29 is 35.3 Å². The first kappa shape index (κ1) is 20.4. The van der Waals surface area contributed by atoms with Gasteiger partial charge in [-0.15, -0.1) is 0 Å². The lowest BCUT2D eigenvalue weighted by molar-refractivity contribution is -0.0501. The van der Waals surface area contributed by atoms with Crippen molar-refractivity contribution in [3.05, 3.63) is 72.6 Å². The second kappa shape index (κ2) is 7.95. The molecule has 0 saturated carbocycles. The number of hydrogen-bond acceptors (Lipinski definition) is 7. The number of aromatic nitrogens is 1. The molecule has 0 bridgehead atoms. The number of ether oxygens (including phenoxy) is 1. The lowest BCUT2D eigenvalue weighted by atomic mass is 10.1. The number of alkyl halides is 3. The number of rotatable bonds is 5. The van der Waals surface area contributed by atoms with Crippen LogP contribution in [-0.4, -0.2) is 36.5 Å². The van der Waals surface area contributed by atoms with Crippen LogP contribution < -0.4 is 4.18 Å². The number of carbonyl (C=O) groups is 1. The van der Waals surface area contributed by atoms with Crippen LogP contribution in [0.25, 0.3) is 10.9 Å². The van der Waals surface area contributed by atoms with E-state index in [4.69, 9.17) is 4.74 Å². The average molecular weight is 426 g/mol. The van der Waals surface area contributed by atoms with E-state index in [-0.39, 0.29) is 17.8 Å². The third-order valence-electron chi connectivity index (χ3n) is 3.61. The highest BCUT2D eigenvalue weighted by Crippen LogP contribution is 2.27. The van der Waals surface area contributed by atoms with Crippen molar-refractivity contribution in [1.29, 1.82) is 0 Å². The molecule has 0 radical (unpaired) electrons. The summed E-state index contributed by atoms with van der Waals surface area (Å²) in [5.41, 5.74) is -5.23. The van der Waals surface area contributed by atoms with Crippen LogP contribution in [-0.2, 0) is 14.9 Å². The van der Waals surface area contributed by atoms with E-state index in [9.17, 15) is 26.4 Å². The number of fused-ring (bicyclic) bond motifs is 1. The zero-order valence-corrected chi connectivity index (χ0v) is 15.4. The molecule has 0 unspecified atom stereocenters. The molecule has 1 aliphatic rings. The number of esters is 1. The minimum absolute atomic E-state index is 0.0219. The first-order valence-corrected chi connectivity index (χ1v) is 9.43. The van der Waals surface area contributed by atoms with Crippen molar-refractivity contribution in [2.45, 2.75) is 5.51 Å². The Morgan fingerprint density at radius 3 is 2.38 bits per heavy atom. The van der Waals surface area contributed by atoms with Gasteiger partial charge in [-0.25, -0.2) is 9.78 Å². The lowest BCUT2D eigenvalue weighted by Crippen LogP contribution is -2.28. The van der Waals surface area contributed by atoms with Crippen molar-refractivity contribution >= 4 is 27.0 Å². The van der Waals surface area contributed by atoms with Crippen molar-refractivity contribution in [3.63, 3.8) is 0 Å². The fourth-order valence-corrected chi connectivity index (χ4v) is 2.65. The van der Waals surface area contributed by atoms with Gasteiger partial charge in [0.1, 0.15) is 0 Å². The van der Waals surface area contributed by atoms with Gasteiger partial charge in [0.25, 0.3) is 0 Å². The van der Waals surface area contributed by atoms with E-state index in [1.165, 1.54) is 24.3 Å². The van der Waals surface area contributed by atoms with E-state index in [2.05, 4.69) is 9.17 Å². The highest BCUT2D eigenvalue weighted by atomic mass is 32.2. The Labute approximate surface area is 163 Å². The Bertz CT molecular complexity index is 1110. The van der Waals surface area contributed by atoms with E-state index < -0.39 is 27.5 Å². The molecule has 2 heterocycles. The molecule has 11 heteroatoms. The number of pyridine rings is 1. The summed E-state index contributed by atoms with van der Waals surface area (Å²) in [6, 6.07) is 6.36. The fourth-order valence-electron chi connectivity index (χ4n) is 2.24. The summed E-state index contributed by atoms with van der Waals surface area (Å²) in [4.78, 5) is 17.6. The molecule has 1 aromatic heterocycles. The Morgan fingerprint density at radius 2 is 1.72 bits per heavy atom. The van der Waals surface area contributed by atoms with Gasteiger partial charge in [0.15, 0.2) is 6.73 Å². The van der Waals surface area contributed by atoms with Gasteiger partial charge in [-0.1, -0.05) is 12.2 Å². The van der Waals surface area contributed by atoms with Crippen LogP contribution in [0.2, 0.25) is 0 Å². The SMILES string of the molecule is O=C(OCN1C=CC=CC=C1)c1ccc2nc(OS(=O)(=O)C(F)(F)F)ccc2c1. The molecule has 0 aliphatic carbocycles. The molecule has 7 nitrogen and oxygen atoms in total. The molecular weight excluding hydrogens is 413 g/mol. The molecule has 0 saturated heterocycles. The topological polar surface area (TPSA) is 85.8 Å². The van der Waals surface area contributed by atoms with E-state index in [1.54, 1.807) is 29.5 Å². The summed E-state index contributed by atoms with van der Waals surface area (Å²) in [5, 5.41) is 0.384. The Balaban J connectivity index is 1.72. The molecule has 0 fully saturated rings. The largest absolute Gasteiger partial charge is 0.534 e. The first-order chi connectivity index (χ1) is 13.7. The number of nitrogens with zero attached hydrogens (tertiary/aromatic N) is 2. The molecule has 0 amide bonds. The van der Waals surface area contributed by atoms with Crippen molar-refractivity contribution in [2.75, 3.05) is 6.73 Å². The summed E-state index contributed by atoms with van der Waals surface area (Å²) >= 11 is 0. The molecule has 2 aromatic rings. The van der Waals surface area contributed by atoms with Gasteiger partial charge >= 0.3 is 21.6 Å². The summed E-state index contributed by atoms with van der Waals surface area (Å²) in [5.74, 6) is -1.36. The zero-order chi connectivity index (χ0) is 21.1. The Morgan fingerprint density at radius 1 is 1.03 bits per heavy atom. The van der Waals surface area contributed by atoms with E-state index in [1.807, 2.05) is 12.2 Å². The zero-order valence-electron chi connectivity index (χ0n) is 14.5. The van der Waals surface area contributed by atoms with Crippen LogP contribution in [0.15, 0.2) is 67.0 Å². The number of halogens is 3. The summed E-state index contributed by atoms with van der Waals surface area (Å²) in [6.45, 7) is -0.0219. The Kier molecular flexibility index (Phi) is 5.59. The monoisotopic (exact) mass is 426 g/mol. The van der Waals surface area contributed by atoms with E-state index in [0.717, 1.165) is 6.07 Å². The van der Waals surface area contributed by atoms with Crippen LogP contribution in [0.4, 0.5) is 13.2 Å². The van der Waals surface area contributed by atoms with Crippen LogP contribution in [0.5, 0.6) is 5.88 Å². The number of benzene rings is 1. The molecule has 152 valence electrons. The molecular formula is C18H13F3N2O5S. The smallest absolute Gasteiger partial charge is 0.440 e. The maximum absolute atomic E-state index is 12.4. The standard InChI is InChI=1S/C18H13F3N2O5S/c19-18(20,21)29(25,26)28-16-8-6-13-11-14(5-7-15(13)22-16)17(24)27-12-23-9-3-1-2-4-10-23/h1-11H,12H2. The number of allylic oxidation sites excluding steroid dienone is 4. The predicted molar refractivity (Wildman–Crippen MR) is 96.9 cm³/mol. The highest BCUT2D eigenvalue weighted by Gasteiger charge is 2.48. The second-order valence-corrected chi connectivity index (χ2v) is 7.22. The van der Waals surface area contributed by atoms with Crippen molar-refractivity contribution in [3.8, 4) is 5.88 Å². The maximum atomic E-state index is 12.4. The van der Waals surface area contributed by atoms with E-state index in [0.29, 0.717) is 5.39 Å². The molecule has 0 spiro atoms. The molecule has 1 aliphatic heterocycles. The third-order valence-corrected chi connectivity index (χ3v) is 4.57. The number of carbonyl (C=O) groups excluding carboxylic acids is 1. The molecule has 0 N–H and O–H groups in total. The Hall–Kier alpha value is -3.34. The van der Waals surface area contributed by atoms with Crippen molar-refractivity contribution in [1.82, 2.24) is 9.88 Å². The van der Waals surface area contributed by atoms with Crippen LogP contribution >= 0.6 is 0 Å². The fraction of sp³-hybridized carbons (Fsp3) is 0.111. The molecule has 29 heavy (non-hydrogen) atoms. The summed E-state index contributed by atoms with van der Waals surface area (Å²) in [7, 11) is -5.82. The van der Waals surface area contributed by atoms with Crippen molar-refractivity contribution in [2.24, 2.45) is 0 Å². The van der Waals surface area contributed by atoms with Gasteiger partial charge in [-0.2, -0.15) is 21.6 Å². The number of hydrogen-bond donors (Lipinski definition) is 0. The molecule has 0 atom stereocenters. The van der Waals surface area contributed by atoms with Gasteiger partial charge in [0.05, 0.1) is 11.1 Å². The van der Waals surface area contributed by atoms with Gasteiger partial charge in [-0.3, -0.25) is 0 Å². The van der Waals surface area contributed by atoms with Crippen LogP contribution in [0, 0.1) is 0 Å². The van der Waals surface area contributed by atoms with Crippen LogP contribution in [0.1, 0.15) is 10.4 Å². The maximum Gasteiger partial charge on any atom is 0.534 e. The normalized spacial score (nSPS) is 14.1. The predicted octanol–water partition coefficient (Wildman–Crippen LogP) is 3.48. The lowest BCUT2D eigenvalue weighted by Gasteiger charge is -2.14. The second-order valence-electron chi connectivity index (χ2n) is 5.68.